The van der Waals surface area contributed by atoms with E-state index in [0.29, 0.717) is 0 Å². The lowest BCUT2D eigenvalue weighted by Crippen LogP contribution is -2.52. The van der Waals surface area contributed by atoms with Crippen molar-refractivity contribution in [1.29, 1.82) is 0 Å². The number of unbranched alkanes of at least 4 members (excludes halogenated alkanes) is 1. The number of nitrogens with two attached hydrogens (primary N) is 1. The van der Waals surface area contributed by atoms with E-state index in [0.717, 1.165) is 44.6 Å². The maximum atomic E-state index is 11.5. The molecule has 1 unspecified atom stereocenters. The average Bonchev–Trinajstić information content (AvgIpc) is 2.82. The lowest BCUT2D eigenvalue weighted by molar-refractivity contribution is -0.124. The van der Waals surface area contributed by atoms with Gasteiger partial charge < -0.3 is 15.6 Å². The molecular formula is C14H26N4O. The number of carbonyl (C=O) groups is 1. The van der Waals surface area contributed by atoms with Gasteiger partial charge in [0.25, 0.3) is 0 Å². The quantitative estimate of drug-likeness (QED) is 0.665. The topological polar surface area (TPSA) is 72.9 Å². The first-order valence-corrected chi connectivity index (χ1v) is 7.08. The number of hydrogen-bond acceptors (Lipinski definition) is 3. The Hall–Kier alpha value is -1.36. The zero-order valence-corrected chi connectivity index (χ0v) is 12.3. The fraction of sp³-hybridized carbons (Fsp3) is 0.714. The molecule has 1 aromatic rings. The van der Waals surface area contributed by atoms with Crippen molar-refractivity contribution in [3.8, 4) is 0 Å². The summed E-state index contributed by atoms with van der Waals surface area (Å²) >= 11 is 0. The molecule has 5 heteroatoms. The first-order chi connectivity index (χ1) is 9.03. The highest BCUT2D eigenvalue weighted by Crippen LogP contribution is 2.14. The Morgan fingerprint density at radius 2 is 2.21 bits per heavy atom. The molecule has 1 rings (SSSR count). The summed E-state index contributed by atoms with van der Waals surface area (Å²) in [5.74, 6) is 0.843. The van der Waals surface area contributed by atoms with Crippen molar-refractivity contribution in [3.63, 3.8) is 0 Å². The van der Waals surface area contributed by atoms with Crippen LogP contribution in [-0.2, 0) is 17.8 Å². The van der Waals surface area contributed by atoms with Crippen LogP contribution < -0.4 is 11.1 Å². The molecule has 1 atom stereocenters. The van der Waals surface area contributed by atoms with Gasteiger partial charge in [0.05, 0.1) is 5.54 Å². The molecule has 1 heterocycles. The van der Waals surface area contributed by atoms with Crippen molar-refractivity contribution in [2.45, 2.75) is 58.5 Å². The lowest BCUT2D eigenvalue weighted by Gasteiger charge is -2.27. The summed E-state index contributed by atoms with van der Waals surface area (Å²) in [5, 5.41) is 3.18. The Labute approximate surface area is 115 Å². The standard InChI is InChI=1S/C14H26N4O/c1-4-12-16-9-11-18(12)10-7-6-8-14(3,13(15)19)17-5-2/h9,11,17H,4-8,10H2,1-3H3,(H2,15,19). The fourth-order valence-electron chi connectivity index (χ4n) is 2.31. The highest BCUT2D eigenvalue weighted by atomic mass is 16.1. The van der Waals surface area contributed by atoms with E-state index in [1.807, 2.05) is 26.2 Å². The van der Waals surface area contributed by atoms with Crippen LogP contribution in [0.3, 0.4) is 0 Å². The summed E-state index contributed by atoms with van der Waals surface area (Å²) in [4.78, 5) is 15.8. The van der Waals surface area contributed by atoms with Gasteiger partial charge in [-0.1, -0.05) is 13.8 Å². The average molecular weight is 266 g/mol. The normalized spacial score (nSPS) is 14.3. The highest BCUT2D eigenvalue weighted by molar-refractivity contribution is 5.84. The van der Waals surface area contributed by atoms with Crippen LogP contribution in [0.15, 0.2) is 12.4 Å². The van der Waals surface area contributed by atoms with E-state index in [1.54, 1.807) is 0 Å². The summed E-state index contributed by atoms with van der Waals surface area (Å²) in [6, 6.07) is 0. The third-order valence-electron chi connectivity index (χ3n) is 3.55. The Morgan fingerprint density at radius 1 is 1.47 bits per heavy atom. The summed E-state index contributed by atoms with van der Waals surface area (Å²) < 4.78 is 2.18. The van der Waals surface area contributed by atoms with E-state index in [9.17, 15) is 4.79 Å². The number of aryl methyl sites for hydroxylation is 2. The second-order valence-electron chi connectivity index (χ2n) is 5.07. The molecule has 0 saturated carbocycles. The van der Waals surface area contributed by atoms with Crippen molar-refractivity contribution < 1.29 is 4.79 Å². The second-order valence-corrected chi connectivity index (χ2v) is 5.07. The van der Waals surface area contributed by atoms with Crippen LogP contribution in [0.5, 0.6) is 0 Å². The summed E-state index contributed by atoms with van der Waals surface area (Å²) in [5.41, 5.74) is 4.88. The predicted octanol–water partition coefficient (Wildman–Crippen LogP) is 1.47. The van der Waals surface area contributed by atoms with E-state index < -0.39 is 5.54 Å². The summed E-state index contributed by atoms with van der Waals surface area (Å²) in [6.45, 7) is 7.67. The second kappa shape index (κ2) is 7.28. The van der Waals surface area contributed by atoms with E-state index in [-0.39, 0.29) is 5.91 Å². The van der Waals surface area contributed by atoms with Gasteiger partial charge in [0.2, 0.25) is 5.91 Å². The predicted molar refractivity (Wildman–Crippen MR) is 76.7 cm³/mol. The molecule has 0 aliphatic rings. The number of primary amides is 1. The lowest BCUT2D eigenvalue weighted by atomic mass is 9.94. The van der Waals surface area contributed by atoms with Crippen LogP contribution in [0.4, 0.5) is 0 Å². The Balaban J connectivity index is 2.39. The number of hydrogen-bond donors (Lipinski definition) is 2. The van der Waals surface area contributed by atoms with E-state index in [2.05, 4.69) is 21.8 Å². The van der Waals surface area contributed by atoms with E-state index >= 15 is 0 Å². The molecule has 3 N–H and O–H groups in total. The van der Waals surface area contributed by atoms with Crippen molar-refractivity contribution in [1.82, 2.24) is 14.9 Å². The number of imidazole rings is 1. The maximum absolute atomic E-state index is 11.5. The number of carbonyl (C=O) groups excluding carboxylic acids is 1. The number of likely N-dealkylation sites (N-methyl/N-ethyl adjacent to an activating group) is 1. The van der Waals surface area contributed by atoms with Crippen LogP contribution in [0, 0.1) is 0 Å². The molecule has 0 fully saturated rings. The minimum Gasteiger partial charge on any atom is -0.368 e. The summed E-state index contributed by atoms with van der Waals surface area (Å²) in [6.07, 6.45) is 7.56. The number of aromatic nitrogens is 2. The zero-order chi connectivity index (χ0) is 14.3. The number of nitrogens with zero attached hydrogens (tertiary/aromatic N) is 2. The van der Waals surface area contributed by atoms with Crippen LogP contribution in [0.25, 0.3) is 0 Å². The third kappa shape index (κ3) is 4.35. The van der Waals surface area contributed by atoms with Crippen molar-refractivity contribution >= 4 is 5.91 Å². The van der Waals surface area contributed by atoms with Gasteiger partial charge in [-0.2, -0.15) is 0 Å². The van der Waals surface area contributed by atoms with Gasteiger partial charge in [-0.15, -0.1) is 0 Å². The van der Waals surface area contributed by atoms with Gasteiger partial charge in [-0.25, -0.2) is 4.98 Å². The molecule has 0 bridgehead atoms. The van der Waals surface area contributed by atoms with Crippen LogP contribution >= 0.6 is 0 Å². The molecule has 0 radical (unpaired) electrons. The molecular weight excluding hydrogens is 240 g/mol. The van der Waals surface area contributed by atoms with E-state index in [1.165, 1.54) is 0 Å². The first-order valence-electron chi connectivity index (χ1n) is 7.08. The van der Waals surface area contributed by atoms with Gasteiger partial charge in [0, 0.05) is 25.4 Å². The van der Waals surface area contributed by atoms with E-state index in [4.69, 9.17) is 5.73 Å². The molecule has 0 saturated heterocycles. The minimum absolute atomic E-state index is 0.272. The molecule has 5 nitrogen and oxygen atoms in total. The zero-order valence-electron chi connectivity index (χ0n) is 12.3. The SMILES string of the molecule is CCNC(C)(CCCCn1ccnc1CC)C(N)=O. The third-order valence-corrected chi connectivity index (χ3v) is 3.55. The number of rotatable bonds is 9. The van der Waals surface area contributed by atoms with Crippen LogP contribution in [-0.4, -0.2) is 27.5 Å². The molecule has 1 amide bonds. The van der Waals surface area contributed by atoms with Crippen molar-refractivity contribution in [2.75, 3.05) is 6.54 Å². The van der Waals surface area contributed by atoms with Gasteiger partial charge in [0.15, 0.2) is 0 Å². The van der Waals surface area contributed by atoms with Crippen LogP contribution in [0.1, 0.15) is 45.9 Å². The molecule has 108 valence electrons. The van der Waals surface area contributed by atoms with Gasteiger partial charge in [-0.05, 0) is 32.7 Å². The van der Waals surface area contributed by atoms with Gasteiger partial charge >= 0.3 is 0 Å². The maximum Gasteiger partial charge on any atom is 0.237 e. The smallest absolute Gasteiger partial charge is 0.237 e. The molecule has 19 heavy (non-hydrogen) atoms. The monoisotopic (exact) mass is 266 g/mol. The summed E-state index contributed by atoms with van der Waals surface area (Å²) in [7, 11) is 0. The molecule has 1 aromatic heterocycles. The Kier molecular flexibility index (Phi) is 6.02. The number of nitrogens with one attached hydrogen (secondary N) is 1. The van der Waals surface area contributed by atoms with Crippen LogP contribution in [0.2, 0.25) is 0 Å². The Morgan fingerprint density at radius 3 is 2.79 bits per heavy atom. The highest BCUT2D eigenvalue weighted by Gasteiger charge is 2.28. The first kappa shape index (κ1) is 15.7. The number of amides is 1. The fourth-order valence-corrected chi connectivity index (χ4v) is 2.31. The molecule has 0 spiro atoms. The largest absolute Gasteiger partial charge is 0.368 e. The molecule has 0 aliphatic carbocycles. The van der Waals surface area contributed by atoms with Gasteiger partial charge in [0.1, 0.15) is 5.82 Å². The Bertz CT molecular complexity index is 402. The van der Waals surface area contributed by atoms with Crippen molar-refractivity contribution in [2.24, 2.45) is 5.73 Å². The van der Waals surface area contributed by atoms with Crippen molar-refractivity contribution in [3.05, 3.63) is 18.2 Å². The van der Waals surface area contributed by atoms with Gasteiger partial charge in [-0.3, -0.25) is 4.79 Å². The molecule has 0 aromatic carbocycles. The molecule has 0 aliphatic heterocycles. The minimum atomic E-state index is -0.586.